The van der Waals surface area contributed by atoms with Gasteiger partial charge in [0.05, 0.1) is 0 Å². The maximum absolute atomic E-state index is 11.9. The van der Waals surface area contributed by atoms with Crippen LogP contribution in [0.25, 0.3) is 0 Å². The van der Waals surface area contributed by atoms with Gasteiger partial charge in [-0.3, -0.25) is 4.79 Å². The fraction of sp³-hybridized carbons (Fsp3) is 0.600. The molecule has 1 saturated heterocycles. The van der Waals surface area contributed by atoms with Crippen LogP contribution in [0.1, 0.15) is 29.1 Å². The average Bonchev–Trinajstić information content (AvgIpc) is 2.64. The number of carbonyl (C=O) groups is 1. The van der Waals surface area contributed by atoms with E-state index in [0.29, 0.717) is 18.0 Å². The Morgan fingerprint density at radius 1 is 1.73 bits per heavy atom. The third-order valence-corrected chi connectivity index (χ3v) is 2.59. The molecule has 1 aromatic rings. The van der Waals surface area contributed by atoms with Gasteiger partial charge in [-0.1, -0.05) is 5.16 Å². The Hall–Kier alpha value is -1.36. The van der Waals surface area contributed by atoms with Gasteiger partial charge in [-0.05, 0) is 19.8 Å². The molecule has 0 spiro atoms. The first-order valence-corrected chi connectivity index (χ1v) is 5.15. The van der Waals surface area contributed by atoms with Gasteiger partial charge in [0.25, 0.3) is 5.91 Å². The van der Waals surface area contributed by atoms with Crippen molar-refractivity contribution in [3.05, 3.63) is 17.5 Å². The minimum Gasteiger partial charge on any atom is -0.361 e. The van der Waals surface area contributed by atoms with Gasteiger partial charge in [-0.2, -0.15) is 0 Å². The number of hydrogen-bond donors (Lipinski definition) is 1. The van der Waals surface area contributed by atoms with E-state index in [9.17, 15) is 4.79 Å². The summed E-state index contributed by atoms with van der Waals surface area (Å²) in [6.07, 6.45) is 1.95. The summed E-state index contributed by atoms with van der Waals surface area (Å²) in [5.74, 6) is 0.571. The molecule has 82 valence electrons. The third-order valence-electron chi connectivity index (χ3n) is 2.59. The number of rotatable bonds is 1. The Morgan fingerprint density at radius 2 is 2.53 bits per heavy atom. The highest BCUT2D eigenvalue weighted by Gasteiger charge is 2.24. The molecular weight excluding hydrogens is 194 g/mol. The van der Waals surface area contributed by atoms with E-state index in [1.54, 1.807) is 17.9 Å². The van der Waals surface area contributed by atoms with Crippen LogP contribution in [0.2, 0.25) is 0 Å². The Kier molecular flexibility index (Phi) is 2.73. The molecule has 0 saturated carbocycles. The van der Waals surface area contributed by atoms with Crippen molar-refractivity contribution in [2.75, 3.05) is 13.1 Å². The average molecular weight is 209 g/mol. The fourth-order valence-electron chi connectivity index (χ4n) is 1.82. The zero-order valence-corrected chi connectivity index (χ0v) is 8.77. The molecule has 1 fully saturated rings. The lowest BCUT2D eigenvalue weighted by molar-refractivity contribution is 0.0698. The van der Waals surface area contributed by atoms with Crippen LogP contribution in [0.15, 0.2) is 10.6 Å². The van der Waals surface area contributed by atoms with Crippen LogP contribution in [0.5, 0.6) is 0 Å². The smallest absolute Gasteiger partial charge is 0.276 e. The van der Waals surface area contributed by atoms with Crippen LogP contribution in [-0.2, 0) is 0 Å². The second-order valence-electron chi connectivity index (χ2n) is 3.98. The highest BCUT2D eigenvalue weighted by atomic mass is 16.5. The molecule has 5 heteroatoms. The van der Waals surface area contributed by atoms with Crippen molar-refractivity contribution >= 4 is 5.91 Å². The number of nitrogens with zero attached hydrogens (tertiary/aromatic N) is 2. The molecule has 1 amide bonds. The van der Waals surface area contributed by atoms with Gasteiger partial charge in [0.2, 0.25) is 0 Å². The topological polar surface area (TPSA) is 72.4 Å². The van der Waals surface area contributed by atoms with Crippen molar-refractivity contribution in [1.29, 1.82) is 0 Å². The summed E-state index contributed by atoms with van der Waals surface area (Å²) >= 11 is 0. The second kappa shape index (κ2) is 4.02. The maximum atomic E-state index is 11.9. The largest absolute Gasteiger partial charge is 0.361 e. The summed E-state index contributed by atoms with van der Waals surface area (Å²) in [7, 11) is 0. The lowest BCUT2D eigenvalue weighted by Crippen LogP contribution is -2.45. The minimum absolute atomic E-state index is 0.0815. The number of nitrogens with two attached hydrogens (primary N) is 1. The van der Waals surface area contributed by atoms with Crippen molar-refractivity contribution in [2.24, 2.45) is 5.73 Å². The molecule has 0 aliphatic carbocycles. The molecule has 2 rings (SSSR count). The van der Waals surface area contributed by atoms with Gasteiger partial charge >= 0.3 is 0 Å². The standard InChI is InChI=1S/C10H15N3O2/c1-7-5-9(12-15-7)10(14)13-4-2-3-8(11)6-13/h5,8H,2-4,6,11H2,1H3. The number of hydrogen-bond acceptors (Lipinski definition) is 4. The van der Waals surface area contributed by atoms with Gasteiger partial charge in [0.15, 0.2) is 5.69 Å². The van der Waals surface area contributed by atoms with E-state index in [0.717, 1.165) is 19.4 Å². The van der Waals surface area contributed by atoms with Gasteiger partial charge in [-0.25, -0.2) is 0 Å². The second-order valence-corrected chi connectivity index (χ2v) is 3.98. The monoisotopic (exact) mass is 209 g/mol. The number of carbonyl (C=O) groups excluding carboxylic acids is 1. The summed E-state index contributed by atoms with van der Waals surface area (Å²) in [4.78, 5) is 13.6. The molecule has 0 bridgehead atoms. The zero-order chi connectivity index (χ0) is 10.8. The van der Waals surface area contributed by atoms with E-state index in [1.807, 2.05) is 0 Å². The van der Waals surface area contributed by atoms with E-state index >= 15 is 0 Å². The van der Waals surface area contributed by atoms with Gasteiger partial charge < -0.3 is 15.2 Å². The first-order valence-electron chi connectivity index (χ1n) is 5.15. The number of aryl methyl sites for hydroxylation is 1. The highest BCUT2D eigenvalue weighted by molar-refractivity contribution is 5.92. The Balaban J connectivity index is 2.07. The number of likely N-dealkylation sites (tertiary alicyclic amines) is 1. The van der Waals surface area contributed by atoms with E-state index in [1.165, 1.54) is 0 Å². The predicted octanol–water partition coefficient (Wildman–Crippen LogP) is 0.546. The van der Waals surface area contributed by atoms with Gasteiger partial charge in [0, 0.05) is 25.2 Å². The van der Waals surface area contributed by atoms with E-state index in [2.05, 4.69) is 5.16 Å². The number of amides is 1. The van der Waals surface area contributed by atoms with Gasteiger partial charge in [-0.15, -0.1) is 0 Å². The third kappa shape index (κ3) is 2.18. The molecule has 15 heavy (non-hydrogen) atoms. The molecule has 1 unspecified atom stereocenters. The van der Waals surface area contributed by atoms with Crippen LogP contribution in [0.4, 0.5) is 0 Å². The van der Waals surface area contributed by atoms with E-state index in [-0.39, 0.29) is 11.9 Å². The van der Waals surface area contributed by atoms with Crippen LogP contribution >= 0.6 is 0 Å². The van der Waals surface area contributed by atoms with E-state index in [4.69, 9.17) is 10.3 Å². The van der Waals surface area contributed by atoms with Crippen LogP contribution in [0, 0.1) is 6.92 Å². The Labute approximate surface area is 88.2 Å². The predicted molar refractivity (Wildman–Crippen MR) is 54.4 cm³/mol. The molecule has 0 radical (unpaired) electrons. The number of piperidine rings is 1. The number of aromatic nitrogens is 1. The zero-order valence-electron chi connectivity index (χ0n) is 8.77. The van der Waals surface area contributed by atoms with Crippen molar-refractivity contribution < 1.29 is 9.32 Å². The summed E-state index contributed by atoms with van der Waals surface area (Å²) in [5, 5.41) is 3.71. The summed E-state index contributed by atoms with van der Waals surface area (Å²) < 4.78 is 4.87. The molecule has 1 aliphatic heterocycles. The highest BCUT2D eigenvalue weighted by Crippen LogP contribution is 2.12. The van der Waals surface area contributed by atoms with Gasteiger partial charge in [0.1, 0.15) is 5.76 Å². The Bertz CT molecular complexity index is 361. The summed E-state index contributed by atoms with van der Waals surface area (Å²) in [6.45, 7) is 3.15. The fourth-order valence-corrected chi connectivity index (χ4v) is 1.82. The van der Waals surface area contributed by atoms with Crippen molar-refractivity contribution in [2.45, 2.75) is 25.8 Å². The molecule has 0 aromatic carbocycles. The van der Waals surface area contributed by atoms with Crippen LogP contribution in [0.3, 0.4) is 0 Å². The van der Waals surface area contributed by atoms with E-state index < -0.39 is 0 Å². The molecule has 5 nitrogen and oxygen atoms in total. The summed E-state index contributed by atoms with van der Waals surface area (Å²) in [6, 6.07) is 1.75. The van der Waals surface area contributed by atoms with Crippen LogP contribution < -0.4 is 5.73 Å². The maximum Gasteiger partial charge on any atom is 0.276 e. The minimum atomic E-state index is -0.0815. The van der Waals surface area contributed by atoms with Crippen LogP contribution in [-0.4, -0.2) is 35.1 Å². The molecule has 1 aromatic heterocycles. The molecular formula is C10H15N3O2. The Morgan fingerprint density at radius 3 is 3.13 bits per heavy atom. The van der Waals surface area contributed by atoms with Crippen molar-refractivity contribution in [3.8, 4) is 0 Å². The summed E-state index contributed by atoms with van der Waals surface area (Å²) in [5.41, 5.74) is 6.18. The van der Waals surface area contributed by atoms with Crippen molar-refractivity contribution in [1.82, 2.24) is 10.1 Å². The lowest BCUT2D eigenvalue weighted by atomic mass is 10.1. The molecule has 2 heterocycles. The first kappa shape index (κ1) is 10.2. The molecule has 1 atom stereocenters. The van der Waals surface area contributed by atoms with Crippen molar-refractivity contribution in [3.63, 3.8) is 0 Å². The lowest BCUT2D eigenvalue weighted by Gasteiger charge is -2.29. The first-order chi connectivity index (χ1) is 7.16. The molecule has 2 N–H and O–H groups in total. The quantitative estimate of drug-likeness (QED) is 0.733. The normalized spacial score (nSPS) is 21.7. The SMILES string of the molecule is Cc1cc(C(=O)N2CCCC(N)C2)no1. The molecule has 1 aliphatic rings.